The normalized spacial score (nSPS) is 12.5. The van der Waals surface area contributed by atoms with Gasteiger partial charge in [0.15, 0.2) is 5.78 Å². The van der Waals surface area contributed by atoms with Crippen LogP contribution in [0.25, 0.3) is 0 Å². The predicted molar refractivity (Wildman–Crippen MR) is 101 cm³/mol. The first-order valence-electron chi connectivity index (χ1n) is 8.24. The van der Waals surface area contributed by atoms with E-state index >= 15 is 0 Å². The molecule has 0 amide bonds. The third-order valence-corrected chi connectivity index (χ3v) is 5.63. The summed E-state index contributed by atoms with van der Waals surface area (Å²) in [7, 11) is -3.63. The summed E-state index contributed by atoms with van der Waals surface area (Å²) in [4.78, 5) is 12.8. The van der Waals surface area contributed by atoms with Gasteiger partial charge in [-0.25, -0.2) is 13.1 Å². The average Bonchev–Trinajstić information content (AvgIpc) is 2.68. The molecule has 1 N–H and O–H groups in total. The first-order chi connectivity index (χ1) is 12.5. The lowest BCUT2D eigenvalue weighted by Gasteiger charge is -2.15. The lowest BCUT2D eigenvalue weighted by molar-refractivity contribution is 0.103. The topological polar surface area (TPSA) is 63.2 Å². The van der Waals surface area contributed by atoms with E-state index < -0.39 is 16.1 Å². The summed E-state index contributed by atoms with van der Waals surface area (Å²) in [5.74, 6) is -0.0921. The van der Waals surface area contributed by atoms with Gasteiger partial charge in [-0.15, -0.1) is 0 Å². The van der Waals surface area contributed by atoms with Gasteiger partial charge >= 0.3 is 0 Å². The van der Waals surface area contributed by atoms with Gasteiger partial charge in [-0.1, -0.05) is 66.7 Å². The third-order valence-electron chi connectivity index (χ3n) is 4.07. The monoisotopic (exact) mass is 365 g/mol. The molecule has 5 heteroatoms. The Morgan fingerprint density at radius 2 is 1.38 bits per heavy atom. The van der Waals surface area contributed by atoms with Gasteiger partial charge in [-0.3, -0.25) is 4.79 Å². The van der Waals surface area contributed by atoms with Crippen molar-refractivity contribution in [1.82, 2.24) is 4.72 Å². The van der Waals surface area contributed by atoms with Gasteiger partial charge in [0.25, 0.3) is 0 Å². The molecule has 0 aromatic heterocycles. The molecule has 0 saturated carbocycles. The van der Waals surface area contributed by atoms with Crippen LogP contribution in [0.2, 0.25) is 0 Å². The van der Waals surface area contributed by atoms with Gasteiger partial charge in [0.2, 0.25) is 10.0 Å². The Balaban J connectivity index is 1.83. The van der Waals surface area contributed by atoms with Crippen molar-refractivity contribution in [3.8, 4) is 0 Å². The fraction of sp³-hybridized carbons (Fsp3) is 0.0952. The number of carbonyl (C=O) groups excluding carboxylic acids is 1. The van der Waals surface area contributed by atoms with Crippen LogP contribution >= 0.6 is 0 Å². The van der Waals surface area contributed by atoms with Crippen LogP contribution in [0, 0.1) is 0 Å². The molecule has 0 bridgehead atoms. The molecule has 0 aliphatic rings. The largest absolute Gasteiger partial charge is 0.289 e. The molecule has 0 heterocycles. The Kier molecular flexibility index (Phi) is 5.30. The zero-order chi connectivity index (χ0) is 18.6. The highest BCUT2D eigenvalue weighted by Crippen LogP contribution is 2.19. The Hall–Kier alpha value is -2.76. The fourth-order valence-corrected chi connectivity index (χ4v) is 3.93. The molecule has 3 aromatic carbocycles. The second kappa shape index (κ2) is 7.64. The van der Waals surface area contributed by atoms with Crippen molar-refractivity contribution in [3.63, 3.8) is 0 Å². The highest BCUT2D eigenvalue weighted by atomic mass is 32.2. The molecule has 1 unspecified atom stereocenters. The summed E-state index contributed by atoms with van der Waals surface area (Å²) in [5, 5.41) is 0. The van der Waals surface area contributed by atoms with Crippen LogP contribution in [0.3, 0.4) is 0 Å². The van der Waals surface area contributed by atoms with Crippen LogP contribution in [0.4, 0.5) is 0 Å². The fourth-order valence-electron chi connectivity index (χ4n) is 2.67. The molecule has 0 aliphatic carbocycles. The molecule has 0 aliphatic heterocycles. The number of benzene rings is 3. The maximum atomic E-state index is 12.6. The average molecular weight is 365 g/mol. The van der Waals surface area contributed by atoms with Gasteiger partial charge in [0.05, 0.1) is 4.90 Å². The molecule has 26 heavy (non-hydrogen) atoms. The molecule has 3 rings (SSSR count). The van der Waals surface area contributed by atoms with Gasteiger partial charge in [0, 0.05) is 17.2 Å². The third kappa shape index (κ3) is 4.07. The molecule has 3 aromatic rings. The molecule has 0 spiro atoms. The van der Waals surface area contributed by atoms with E-state index in [4.69, 9.17) is 0 Å². The van der Waals surface area contributed by atoms with E-state index in [0.29, 0.717) is 11.1 Å². The predicted octanol–water partition coefficient (Wildman–Crippen LogP) is 3.96. The molecular formula is C21H19NO3S. The maximum Gasteiger partial charge on any atom is 0.241 e. The van der Waals surface area contributed by atoms with Gasteiger partial charge in [0.1, 0.15) is 0 Å². The van der Waals surface area contributed by atoms with Crippen molar-refractivity contribution in [2.24, 2.45) is 0 Å². The maximum absolute atomic E-state index is 12.6. The molecular weight excluding hydrogens is 346 g/mol. The zero-order valence-electron chi connectivity index (χ0n) is 14.3. The minimum atomic E-state index is -3.63. The van der Waals surface area contributed by atoms with Crippen LogP contribution in [-0.4, -0.2) is 14.2 Å². The van der Waals surface area contributed by atoms with Gasteiger partial charge in [-0.2, -0.15) is 0 Å². The quantitative estimate of drug-likeness (QED) is 0.673. The summed E-state index contributed by atoms with van der Waals surface area (Å²) in [6, 6.07) is 23.8. The lowest BCUT2D eigenvalue weighted by Crippen LogP contribution is -2.27. The number of ketones is 1. The molecule has 4 nitrogen and oxygen atoms in total. The summed E-state index contributed by atoms with van der Waals surface area (Å²) in [6.07, 6.45) is 0. The number of sulfonamides is 1. The minimum absolute atomic E-state index is 0.0921. The summed E-state index contributed by atoms with van der Waals surface area (Å²) in [5.41, 5.74) is 1.85. The van der Waals surface area contributed by atoms with E-state index in [2.05, 4.69) is 4.72 Å². The highest BCUT2D eigenvalue weighted by molar-refractivity contribution is 7.89. The Morgan fingerprint density at radius 3 is 2.04 bits per heavy atom. The van der Waals surface area contributed by atoms with Crippen LogP contribution in [0.1, 0.15) is 34.5 Å². The van der Waals surface area contributed by atoms with Crippen molar-refractivity contribution < 1.29 is 13.2 Å². The SMILES string of the molecule is CC(NS(=O)(=O)c1ccccc1)c1cccc(C(=O)c2ccccc2)c1. The molecule has 0 saturated heterocycles. The second-order valence-corrected chi connectivity index (χ2v) is 7.69. The number of hydrogen-bond donors (Lipinski definition) is 1. The molecule has 0 fully saturated rings. The van der Waals surface area contributed by atoms with E-state index in [1.54, 1.807) is 73.7 Å². The number of nitrogens with one attached hydrogen (secondary N) is 1. The van der Waals surface area contributed by atoms with E-state index in [0.717, 1.165) is 5.56 Å². The van der Waals surface area contributed by atoms with E-state index in [-0.39, 0.29) is 10.7 Å². The Morgan fingerprint density at radius 1 is 0.808 bits per heavy atom. The standard InChI is InChI=1S/C21H19NO3S/c1-16(22-26(24,25)20-13-6-3-7-14-20)18-11-8-12-19(15-18)21(23)17-9-4-2-5-10-17/h2-16,22H,1H3. The second-order valence-electron chi connectivity index (χ2n) is 5.98. The van der Waals surface area contributed by atoms with Crippen molar-refractivity contribution in [3.05, 3.63) is 102 Å². The van der Waals surface area contributed by atoms with Crippen LogP contribution < -0.4 is 4.72 Å². The zero-order valence-corrected chi connectivity index (χ0v) is 15.1. The number of rotatable bonds is 6. The van der Waals surface area contributed by atoms with Crippen molar-refractivity contribution in [2.75, 3.05) is 0 Å². The smallest absolute Gasteiger partial charge is 0.241 e. The van der Waals surface area contributed by atoms with Crippen molar-refractivity contribution in [2.45, 2.75) is 17.9 Å². The highest BCUT2D eigenvalue weighted by Gasteiger charge is 2.19. The minimum Gasteiger partial charge on any atom is -0.289 e. The number of carbonyl (C=O) groups is 1. The van der Waals surface area contributed by atoms with Crippen LogP contribution in [-0.2, 0) is 10.0 Å². The van der Waals surface area contributed by atoms with Gasteiger partial charge < -0.3 is 0 Å². The van der Waals surface area contributed by atoms with E-state index in [1.165, 1.54) is 0 Å². The summed E-state index contributed by atoms with van der Waals surface area (Å²) < 4.78 is 27.6. The summed E-state index contributed by atoms with van der Waals surface area (Å²) in [6.45, 7) is 1.76. The van der Waals surface area contributed by atoms with Gasteiger partial charge in [-0.05, 0) is 30.7 Å². The number of hydrogen-bond acceptors (Lipinski definition) is 3. The van der Waals surface area contributed by atoms with Crippen LogP contribution in [0.5, 0.6) is 0 Å². The van der Waals surface area contributed by atoms with Crippen molar-refractivity contribution >= 4 is 15.8 Å². The lowest BCUT2D eigenvalue weighted by atomic mass is 9.99. The first-order valence-corrected chi connectivity index (χ1v) is 9.73. The summed E-state index contributed by atoms with van der Waals surface area (Å²) >= 11 is 0. The van der Waals surface area contributed by atoms with E-state index in [1.807, 2.05) is 18.2 Å². The Bertz CT molecular complexity index is 1000. The van der Waals surface area contributed by atoms with Crippen LogP contribution in [0.15, 0.2) is 89.8 Å². The Labute approximate surface area is 153 Å². The molecule has 0 radical (unpaired) electrons. The first kappa shape index (κ1) is 18.0. The van der Waals surface area contributed by atoms with E-state index in [9.17, 15) is 13.2 Å². The molecule has 1 atom stereocenters. The molecule has 132 valence electrons. The van der Waals surface area contributed by atoms with Crippen molar-refractivity contribution in [1.29, 1.82) is 0 Å².